The molecule has 1 N–H and O–H groups in total. The van der Waals surface area contributed by atoms with Crippen molar-refractivity contribution in [2.45, 2.75) is 13.5 Å². The van der Waals surface area contributed by atoms with E-state index >= 15 is 0 Å². The number of hydrogen-bond donors (Lipinski definition) is 1. The molecule has 0 radical (unpaired) electrons. The third kappa shape index (κ3) is 3.13. The molecule has 2 heterocycles. The van der Waals surface area contributed by atoms with E-state index in [1.54, 1.807) is 12.1 Å². The summed E-state index contributed by atoms with van der Waals surface area (Å²) < 4.78 is 7.00. The number of nitrogens with zero attached hydrogens (tertiary/aromatic N) is 4. The fraction of sp³-hybridized carbons (Fsp3) is 0.250. The van der Waals surface area contributed by atoms with E-state index in [0.717, 1.165) is 16.9 Å². The fourth-order valence-electron chi connectivity index (χ4n) is 2.40. The first-order valence-electron chi connectivity index (χ1n) is 7.27. The van der Waals surface area contributed by atoms with Gasteiger partial charge in [-0.1, -0.05) is 12.1 Å². The third-order valence-electron chi connectivity index (χ3n) is 3.55. The highest BCUT2D eigenvalue weighted by Gasteiger charge is 2.10. The lowest BCUT2D eigenvalue weighted by atomic mass is 10.3. The molecule has 0 fully saturated rings. The van der Waals surface area contributed by atoms with Crippen LogP contribution in [0, 0.1) is 6.92 Å². The van der Waals surface area contributed by atoms with Gasteiger partial charge in [0, 0.05) is 19.2 Å². The summed E-state index contributed by atoms with van der Waals surface area (Å²) in [6.07, 6.45) is 0. The van der Waals surface area contributed by atoms with E-state index < -0.39 is 0 Å². The van der Waals surface area contributed by atoms with Crippen molar-refractivity contribution in [2.24, 2.45) is 0 Å². The zero-order chi connectivity index (χ0) is 16.2. The van der Waals surface area contributed by atoms with Crippen LogP contribution in [-0.4, -0.2) is 39.3 Å². The number of hydrogen-bond acceptors (Lipinski definition) is 5. The maximum absolute atomic E-state index is 12.0. The number of aryl methyl sites for hydroxylation is 1. The Labute approximate surface area is 133 Å². The van der Waals surface area contributed by atoms with Crippen molar-refractivity contribution in [1.29, 1.82) is 0 Å². The van der Waals surface area contributed by atoms with Gasteiger partial charge in [0.1, 0.15) is 5.82 Å². The van der Waals surface area contributed by atoms with Crippen molar-refractivity contribution in [2.75, 3.05) is 13.7 Å². The average Bonchev–Trinajstić information content (AvgIpc) is 2.90. The topological polar surface area (TPSA) is 81.9 Å². The summed E-state index contributed by atoms with van der Waals surface area (Å²) >= 11 is 0. The molecule has 0 spiro atoms. The number of carbonyl (C=O) groups is 1. The lowest BCUT2D eigenvalue weighted by Gasteiger charge is -2.08. The number of benzene rings is 1. The molecule has 0 bridgehead atoms. The zero-order valence-corrected chi connectivity index (χ0v) is 13.0. The van der Waals surface area contributed by atoms with Gasteiger partial charge in [0.05, 0.1) is 18.1 Å². The SMILES string of the molecule is COc1ccc(C(=O)NCCn2c(C)nc3ccccc32)nn1. The number of amides is 1. The Morgan fingerprint density at radius 3 is 2.78 bits per heavy atom. The first kappa shape index (κ1) is 15.0. The Bertz CT molecular complexity index is 826. The summed E-state index contributed by atoms with van der Waals surface area (Å²) in [5.74, 6) is 1.04. The van der Waals surface area contributed by atoms with Gasteiger partial charge in [-0.25, -0.2) is 4.98 Å². The molecule has 0 atom stereocenters. The number of imidazole rings is 1. The number of para-hydroxylation sites is 2. The molecule has 1 aromatic carbocycles. The van der Waals surface area contributed by atoms with E-state index in [2.05, 4.69) is 25.1 Å². The molecule has 0 aliphatic rings. The summed E-state index contributed by atoms with van der Waals surface area (Å²) in [5, 5.41) is 10.4. The number of nitrogens with one attached hydrogen (secondary N) is 1. The Morgan fingerprint density at radius 2 is 2.04 bits per heavy atom. The summed E-state index contributed by atoms with van der Waals surface area (Å²) in [5.41, 5.74) is 2.28. The molecule has 23 heavy (non-hydrogen) atoms. The first-order valence-corrected chi connectivity index (χ1v) is 7.27. The van der Waals surface area contributed by atoms with Crippen LogP contribution in [0.1, 0.15) is 16.3 Å². The van der Waals surface area contributed by atoms with Gasteiger partial charge in [-0.2, -0.15) is 0 Å². The normalized spacial score (nSPS) is 10.7. The zero-order valence-electron chi connectivity index (χ0n) is 13.0. The van der Waals surface area contributed by atoms with E-state index in [-0.39, 0.29) is 11.6 Å². The van der Waals surface area contributed by atoms with Crippen LogP contribution in [0.5, 0.6) is 5.88 Å². The second-order valence-electron chi connectivity index (χ2n) is 5.02. The van der Waals surface area contributed by atoms with E-state index in [9.17, 15) is 4.79 Å². The van der Waals surface area contributed by atoms with Gasteiger partial charge in [-0.3, -0.25) is 4.79 Å². The van der Waals surface area contributed by atoms with Crippen LogP contribution in [-0.2, 0) is 6.54 Å². The molecular formula is C16H17N5O2. The lowest BCUT2D eigenvalue weighted by Crippen LogP contribution is -2.28. The Kier molecular flexibility index (Phi) is 4.18. The monoisotopic (exact) mass is 311 g/mol. The molecule has 7 nitrogen and oxygen atoms in total. The minimum absolute atomic E-state index is 0.262. The minimum atomic E-state index is -0.262. The van der Waals surface area contributed by atoms with Gasteiger partial charge in [-0.05, 0) is 25.1 Å². The maximum atomic E-state index is 12.0. The van der Waals surface area contributed by atoms with Gasteiger partial charge >= 0.3 is 0 Å². The molecule has 0 aliphatic carbocycles. The van der Waals surface area contributed by atoms with E-state index in [0.29, 0.717) is 19.0 Å². The van der Waals surface area contributed by atoms with E-state index in [4.69, 9.17) is 4.74 Å². The standard InChI is InChI=1S/C16H17N5O2/c1-11-18-12-5-3-4-6-14(12)21(11)10-9-17-16(22)13-7-8-15(23-2)20-19-13/h3-8H,9-10H2,1-2H3,(H,17,22). The number of carbonyl (C=O) groups excluding carboxylic acids is 1. The molecule has 2 aromatic heterocycles. The molecule has 0 saturated carbocycles. The van der Waals surface area contributed by atoms with Crippen LogP contribution in [0.25, 0.3) is 11.0 Å². The predicted molar refractivity (Wildman–Crippen MR) is 85.4 cm³/mol. The number of aromatic nitrogens is 4. The van der Waals surface area contributed by atoms with Crippen LogP contribution in [0.15, 0.2) is 36.4 Å². The Balaban J connectivity index is 1.64. The molecule has 0 saturated heterocycles. The summed E-state index contributed by atoms with van der Waals surface area (Å²) in [7, 11) is 1.50. The third-order valence-corrected chi connectivity index (χ3v) is 3.55. The second-order valence-corrected chi connectivity index (χ2v) is 5.02. The van der Waals surface area contributed by atoms with Gasteiger partial charge in [0.15, 0.2) is 5.69 Å². The molecule has 1 amide bonds. The molecule has 3 aromatic rings. The number of rotatable bonds is 5. The summed E-state index contributed by atoms with van der Waals surface area (Å²) in [4.78, 5) is 16.5. The summed E-state index contributed by atoms with van der Waals surface area (Å²) in [6.45, 7) is 3.08. The van der Waals surface area contributed by atoms with Gasteiger partial charge in [0.25, 0.3) is 5.91 Å². The second kappa shape index (κ2) is 6.43. The maximum Gasteiger partial charge on any atom is 0.271 e. The van der Waals surface area contributed by atoms with Crippen molar-refractivity contribution in [3.05, 3.63) is 47.9 Å². The van der Waals surface area contributed by atoms with Crippen molar-refractivity contribution in [3.63, 3.8) is 0 Å². The van der Waals surface area contributed by atoms with Gasteiger partial charge in [-0.15, -0.1) is 10.2 Å². The largest absolute Gasteiger partial charge is 0.480 e. The van der Waals surface area contributed by atoms with Crippen LogP contribution < -0.4 is 10.1 Å². The van der Waals surface area contributed by atoms with Gasteiger partial charge < -0.3 is 14.6 Å². The first-order chi connectivity index (χ1) is 11.2. The average molecular weight is 311 g/mol. The number of methoxy groups -OCH3 is 1. The highest BCUT2D eigenvalue weighted by atomic mass is 16.5. The van der Waals surface area contributed by atoms with E-state index in [1.165, 1.54) is 7.11 Å². The van der Waals surface area contributed by atoms with E-state index in [1.807, 2.05) is 31.2 Å². The molecular weight excluding hydrogens is 294 g/mol. The van der Waals surface area contributed by atoms with Crippen LogP contribution in [0.4, 0.5) is 0 Å². The quantitative estimate of drug-likeness (QED) is 0.773. The highest BCUT2D eigenvalue weighted by Crippen LogP contribution is 2.14. The van der Waals surface area contributed by atoms with Crippen LogP contribution >= 0.6 is 0 Å². The molecule has 0 unspecified atom stereocenters. The van der Waals surface area contributed by atoms with Gasteiger partial charge in [0.2, 0.25) is 5.88 Å². The summed E-state index contributed by atoms with van der Waals surface area (Å²) in [6, 6.07) is 11.1. The molecule has 3 rings (SSSR count). The van der Waals surface area contributed by atoms with Crippen molar-refractivity contribution < 1.29 is 9.53 Å². The Hall–Kier alpha value is -2.96. The van der Waals surface area contributed by atoms with Crippen LogP contribution in [0.2, 0.25) is 0 Å². The molecule has 118 valence electrons. The lowest BCUT2D eigenvalue weighted by molar-refractivity contribution is 0.0946. The minimum Gasteiger partial charge on any atom is -0.480 e. The number of fused-ring (bicyclic) bond motifs is 1. The fourth-order valence-corrected chi connectivity index (χ4v) is 2.40. The van der Waals surface area contributed by atoms with Crippen molar-refractivity contribution in [1.82, 2.24) is 25.1 Å². The van der Waals surface area contributed by atoms with Crippen molar-refractivity contribution in [3.8, 4) is 5.88 Å². The number of ether oxygens (including phenoxy) is 1. The smallest absolute Gasteiger partial charge is 0.271 e. The predicted octanol–water partition coefficient (Wildman–Crippen LogP) is 1.57. The molecule has 0 aliphatic heterocycles. The Morgan fingerprint density at radius 1 is 1.22 bits per heavy atom. The van der Waals surface area contributed by atoms with Crippen LogP contribution in [0.3, 0.4) is 0 Å². The van der Waals surface area contributed by atoms with Crippen molar-refractivity contribution >= 4 is 16.9 Å². The molecule has 7 heteroatoms. The highest BCUT2D eigenvalue weighted by molar-refractivity contribution is 5.92.